The molecule has 0 aromatic heterocycles. The monoisotopic (exact) mass is 310 g/mol. The van der Waals surface area contributed by atoms with E-state index in [4.69, 9.17) is 23.2 Å². The maximum Gasteiger partial charge on any atom is 0.243 e. The lowest BCUT2D eigenvalue weighted by molar-refractivity contribution is -0.120. The molecular weight excluding hydrogens is 299 g/mol. The first-order valence-electron chi connectivity index (χ1n) is 5.02. The van der Waals surface area contributed by atoms with Crippen LogP contribution in [0.3, 0.4) is 0 Å². The van der Waals surface area contributed by atoms with Gasteiger partial charge in [-0.25, -0.2) is 13.1 Å². The summed E-state index contributed by atoms with van der Waals surface area (Å²) in [6.07, 6.45) is 0.0395. The van der Waals surface area contributed by atoms with Crippen molar-refractivity contribution in [3.05, 3.63) is 28.2 Å². The first kappa shape index (κ1) is 15.2. The number of rotatable bonds is 5. The third-order valence-electron chi connectivity index (χ3n) is 2.11. The van der Waals surface area contributed by atoms with E-state index in [0.29, 0.717) is 0 Å². The molecule has 18 heavy (non-hydrogen) atoms. The van der Waals surface area contributed by atoms with Gasteiger partial charge >= 0.3 is 0 Å². The van der Waals surface area contributed by atoms with Crippen molar-refractivity contribution in [1.29, 1.82) is 0 Å². The van der Waals surface area contributed by atoms with E-state index in [0.717, 1.165) is 0 Å². The summed E-state index contributed by atoms with van der Waals surface area (Å²) in [6.45, 7) is -0.0242. The Morgan fingerprint density at radius 1 is 1.28 bits per heavy atom. The minimum absolute atomic E-state index is 0.0242. The number of carbonyl (C=O) groups excluding carboxylic acids is 1. The van der Waals surface area contributed by atoms with Gasteiger partial charge in [-0.3, -0.25) is 4.79 Å². The molecule has 5 nitrogen and oxygen atoms in total. The largest absolute Gasteiger partial charge is 0.359 e. The summed E-state index contributed by atoms with van der Waals surface area (Å²) in [4.78, 5) is 10.8. The molecule has 0 fully saturated rings. The van der Waals surface area contributed by atoms with Crippen molar-refractivity contribution in [3.63, 3.8) is 0 Å². The number of halogens is 2. The van der Waals surface area contributed by atoms with Crippen molar-refractivity contribution < 1.29 is 13.2 Å². The number of hydrogen-bond donors (Lipinski definition) is 2. The van der Waals surface area contributed by atoms with Crippen LogP contribution in [0, 0.1) is 0 Å². The van der Waals surface area contributed by atoms with Crippen LogP contribution in [0.1, 0.15) is 6.42 Å². The minimum atomic E-state index is -3.82. The number of sulfonamides is 1. The third kappa shape index (κ3) is 3.84. The van der Waals surface area contributed by atoms with Crippen LogP contribution in [-0.4, -0.2) is 27.9 Å². The van der Waals surface area contributed by atoms with Crippen LogP contribution in [0.5, 0.6) is 0 Å². The number of amides is 1. The molecule has 8 heteroatoms. The Morgan fingerprint density at radius 3 is 2.33 bits per heavy atom. The van der Waals surface area contributed by atoms with E-state index in [1.807, 2.05) is 0 Å². The first-order chi connectivity index (χ1) is 8.38. The van der Waals surface area contributed by atoms with Crippen LogP contribution < -0.4 is 10.0 Å². The maximum absolute atomic E-state index is 11.9. The molecule has 0 radical (unpaired) electrons. The van der Waals surface area contributed by atoms with Gasteiger partial charge in [-0.2, -0.15) is 0 Å². The van der Waals surface area contributed by atoms with E-state index in [2.05, 4.69) is 10.0 Å². The van der Waals surface area contributed by atoms with Crippen molar-refractivity contribution in [1.82, 2.24) is 10.0 Å². The predicted octanol–water partition coefficient (Wildman–Crippen LogP) is 1.41. The molecule has 0 aliphatic heterocycles. The van der Waals surface area contributed by atoms with Crippen molar-refractivity contribution in [2.24, 2.45) is 0 Å². The lowest BCUT2D eigenvalue weighted by Gasteiger charge is -2.09. The number of nitrogens with one attached hydrogen (secondary N) is 2. The van der Waals surface area contributed by atoms with Gasteiger partial charge in [0, 0.05) is 20.0 Å². The van der Waals surface area contributed by atoms with Gasteiger partial charge in [0.25, 0.3) is 0 Å². The molecule has 1 aromatic carbocycles. The van der Waals surface area contributed by atoms with E-state index >= 15 is 0 Å². The molecule has 0 aliphatic carbocycles. The smallest absolute Gasteiger partial charge is 0.243 e. The summed E-state index contributed by atoms with van der Waals surface area (Å²) in [5.74, 6) is -0.261. The summed E-state index contributed by atoms with van der Waals surface area (Å²) in [5.41, 5.74) is 0. The summed E-state index contributed by atoms with van der Waals surface area (Å²) in [5, 5.41) is 2.46. The average Bonchev–Trinajstić information content (AvgIpc) is 2.27. The summed E-state index contributed by atoms with van der Waals surface area (Å²) < 4.78 is 26.1. The van der Waals surface area contributed by atoms with Crippen LogP contribution in [0.2, 0.25) is 10.0 Å². The highest BCUT2D eigenvalue weighted by Gasteiger charge is 2.21. The Morgan fingerprint density at radius 2 is 1.83 bits per heavy atom. The Kier molecular flexibility index (Phi) is 5.40. The van der Waals surface area contributed by atoms with Crippen LogP contribution in [0.25, 0.3) is 0 Å². The second kappa shape index (κ2) is 6.38. The predicted molar refractivity (Wildman–Crippen MR) is 70.3 cm³/mol. The second-order valence-electron chi connectivity index (χ2n) is 3.37. The van der Waals surface area contributed by atoms with Crippen molar-refractivity contribution in [2.45, 2.75) is 11.3 Å². The molecule has 0 aliphatic rings. The molecule has 0 atom stereocenters. The fourth-order valence-electron chi connectivity index (χ4n) is 1.24. The maximum atomic E-state index is 11.9. The van der Waals surface area contributed by atoms with Crippen molar-refractivity contribution in [2.75, 3.05) is 13.6 Å². The topological polar surface area (TPSA) is 75.3 Å². The zero-order valence-corrected chi connectivity index (χ0v) is 11.9. The van der Waals surface area contributed by atoms with Gasteiger partial charge in [0.05, 0.1) is 10.0 Å². The van der Waals surface area contributed by atoms with Crippen LogP contribution in [0.15, 0.2) is 23.1 Å². The quantitative estimate of drug-likeness (QED) is 0.863. The Bertz CT molecular complexity index is 526. The number of hydrogen-bond acceptors (Lipinski definition) is 3. The summed E-state index contributed by atoms with van der Waals surface area (Å²) in [7, 11) is -2.35. The van der Waals surface area contributed by atoms with Gasteiger partial charge in [-0.1, -0.05) is 29.3 Å². The number of carbonyl (C=O) groups is 1. The Balaban J connectivity index is 2.84. The Hall–Kier alpha value is -0.820. The Labute approximate surface area is 116 Å². The zero-order valence-electron chi connectivity index (χ0n) is 9.54. The highest BCUT2D eigenvalue weighted by molar-refractivity contribution is 7.89. The van der Waals surface area contributed by atoms with E-state index in [9.17, 15) is 13.2 Å². The molecule has 1 aromatic rings. The molecule has 0 saturated heterocycles. The van der Waals surface area contributed by atoms with Crippen LogP contribution >= 0.6 is 23.2 Å². The van der Waals surface area contributed by atoms with E-state index in [1.165, 1.54) is 19.2 Å². The third-order valence-corrected chi connectivity index (χ3v) is 4.53. The molecule has 1 amide bonds. The molecule has 0 spiro atoms. The molecular formula is C10H12Cl2N2O3S. The standard InChI is InChI=1S/C10H12Cl2N2O3S/c1-13-9(15)5-6-14-18(16,17)10-7(11)3-2-4-8(10)12/h2-4,14H,5-6H2,1H3,(H,13,15). The van der Waals surface area contributed by atoms with Gasteiger partial charge in [0.2, 0.25) is 15.9 Å². The highest BCUT2D eigenvalue weighted by atomic mass is 35.5. The average molecular weight is 311 g/mol. The van der Waals surface area contributed by atoms with Crippen LogP contribution in [0.4, 0.5) is 0 Å². The van der Waals surface area contributed by atoms with Crippen LogP contribution in [-0.2, 0) is 14.8 Å². The summed E-state index contributed by atoms with van der Waals surface area (Å²) >= 11 is 11.6. The molecule has 100 valence electrons. The van der Waals surface area contributed by atoms with E-state index in [1.54, 1.807) is 6.07 Å². The van der Waals surface area contributed by atoms with Gasteiger partial charge in [0.1, 0.15) is 4.90 Å². The zero-order chi connectivity index (χ0) is 13.8. The molecule has 0 heterocycles. The SMILES string of the molecule is CNC(=O)CCNS(=O)(=O)c1c(Cl)cccc1Cl. The number of benzene rings is 1. The molecule has 2 N–H and O–H groups in total. The van der Waals surface area contributed by atoms with Gasteiger partial charge in [-0.05, 0) is 12.1 Å². The van der Waals surface area contributed by atoms with E-state index in [-0.39, 0.29) is 33.8 Å². The van der Waals surface area contributed by atoms with Crippen molar-refractivity contribution in [3.8, 4) is 0 Å². The van der Waals surface area contributed by atoms with Gasteiger partial charge in [0.15, 0.2) is 0 Å². The lowest BCUT2D eigenvalue weighted by Crippen LogP contribution is -2.29. The molecule has 0 bridgehead atoms. The van der Waals surface area contributed by atoms with Crippen molar-refractivity contribution >= 4 is 39.1 Å². The molecule has 0 unspecified atom stereocenters. The second-order valence-corrected chi connectivity index (χ2v) is 5.89. The lowest BCUT2D eigenvalue weighted by atomic mass is 10.4. The fraction of sp³-hybridized carbons (Fsp3) is 0.300. The van der Waals surface area contributed by atoms with Gasteiger partial charge in [-0.15, -0.1) is 0 Å². The van der Waals surface area contributed by atoms with Gasteiger partial charge < -0.3 is 5.32 Å². The first-order valence-corrected chi connectivity index (χ1v) is 7.26. The molecule has 1 rings (SSSR count). The normalized spacial score (nSPS) is 11.3. The molecule has 0 saturated carbocycles. The summed E-state index contributed by atoms with van der Waals surface area (Å²) in [6, 6.07) is 4.41. The fourth-order valence-corrected chi connectivity index (χ4v) is 3.41. The van der Waals surface area contributed by atoms with E-state index < -0.39 is 10.0 Å². The highest BCUT2D eigenvalue weighted by Crippen LogP contribution is 2.28. The minimum Gasteiger partial charge on any atom is -0.359 e.